The third kappa shape index (κ3) is 3.56. The summed E-state index contributed by atoms with van der Waals surface area (Å²) in [5, 5.41) is 0. The van der Waals surface area contributed by atoms with Crippen molar-refractivity contribution in [1.29, 1.82) is 0 Å². The number of ether oxygens (including phenoxy) is 2. The van der Waals surface area contributed by atoms with E-state index in [1.54, 1.807) is 7.11 Å². The van der Waals surface area contributed by atoms with Crippen molar-refractivity contribution < 1.29 is 9.47 Å². The van der Waals surface area contributed by atoms with E-state index in [9.17, 15) is 0 Å². The lowest BCUT2D eigenvalue weighted by Gasteiger charge is -2.14. The minimum atomic E-state index is 0.488. The van der Waals surface area contributed by atoms with Crippen LogP contribution in [0, 0.1) is 6.92 Å². The van der Waals surface area contributed by atoms with Crippen molar-refractivity contribution in [3.8, 4) is 5.75 Å². The summed E-state index contributed by atoms with van der Waals surface area (Å²) in [6, 6.07) is 6.31. The smallest absolute Gasteiger partial charge is 0.122 e. The van der Waals surface area contributed by atoms with Gasteiger partial charge in [0.2, 0.25) is 0 Å². The fourth-order valence-corrected chi connectivity index (χ4v) is 1.49. The number of hydrogen-bond acceptors (Lipinski definition) is 2. The molecule has 0 amide bonds. The molecule has 1 aromatic rings. The second-order valence-corrected chi connectivity index (χ2v) is 4.04. The van der Waals surface area contributed by atoms with Crippen LogP contribution in [-0.2, 0) is 4.74 Å². The Bertz CT molecular complexity index is 305. The van der Waals surface area contributed by atoms with Gasteiger partial charge in [-0.1, -0.05) is 31.5 Å². The minimum Gasteiger partial charge on any atom is -0.491 e. The van der Waals surface area contributed by atoms with Crippen LogP contribution >= 0.6 is 0 Å². The Morgan fingerprint density at radius 2 is 1.93 bits per heavy atom. The van der Waals surface area contributed by atoms with E-state index < -0.39 is 0 Å². The maximum absolute atomic E-state index is 5.67. The van der Waals surface area contributed by atoms with E-state index in [1.165, 1.54) is 11.1 Å². The monoisotopic (exact) mass is 208 g/mol. The van der Waals surface area contributed by atoms with Gasteiger partial charge < -0.3 is 9.47 Å². The molecule has 0 bridgehead atoms. The van der Waals surface area contributed by atoms with E-state index in [4.69, 9.17) is 9.47 Å². The predicted octanol–water partition coefficient (Wildman–Crippen LogP) is 3.14. The van der Waals surface area contributed by atoms with Crippen LogP contribution in [-0.4, -0.2) is 20.3 Å². The summed E-state index contributed by atoms with van der Waals surface area (Å²) in [7, 11) is 1.68. The van der Waals surface area contributed by atoms with Gasteiger partial charge in [-0.15, -0.1) is 0 Å². The molecule has 0 aromatic heterocycles. The van der Waals surface area contributed by atoms with Crippen LogP contribution in [0.25, 0.3) is 0 Å². The van der Waals surface area contributed by atoms with Crippen LogP contribution in [0.5, 0.6) is 5.75 Å². The third-order valence-corrected chi connectivity index (χ3v) is 2.33. The highest BCUT2D eigenvalue weighted by atomic mass is 16.5. The molecule has 0 aliphatic carbocycles. The molecule has 0 radical (unpaired) electrons. The standard InChI is InChI=1S/C13H20O2/c1-10(2)12-9-11(3)5-6-13(12)15-8-7-14-4/h5-6,9-10H,7-8H2,1-4H3. The highest BCUT2D eigenvalue weighted by Gasteiger charge is 2.07. The van der Waals surface area contributed by atoms with Crippen molar-refractivity contribution in [3.05, 3.63) is 29.3 Å². The second kappa shape index (κ2) is 5.76. The molecule has 0 N–H and O–H groups in total. The maximum atomic E-state index is 5.67. The molecule has 0 heterocycles. The number of benzene rings is 1. The zero-order valence-electron chi connectivity index (χ0n) is 10.0. The molecule has 0 atom stereocenters. The van der Waals surface area contributed by atoms with Gasteiger partial charge in [0, 0.05) is 7.11 Å². The molecule has 2 nitrogen and oxygen atoms in total. The van der Waals surface area contributed by atoms with Crippen LogP contribution in [0.1, 0.15) is 30.9 Å². The average molecular weight is 208 g/mol. The van der Waals surface area contributed by atoms with Crippen LogP contribution in [0.4, 0.5) is 0 Å². The van der Waals surface area contributed by atoms with E-state index in [0.717, 1.165) is 5.75 Å². The minimum absolute atomic E-state index is 0.488. The zero-order valence-corrected chi connectivity index (χ0v) is 10.0. The van der Waals surface area contributed by atoms with Gasteiger partial charge in [-0.25, -0.2) is 0 Å². The molecule has 0 saturated heterocycles. The molecule has 0 unspecified atom stereocenters. The molecule has 1 rings (SSSR count). The van der Waals surface area contributed by atoms with Crippen molar-refractivity contribution in [3.63, 3.8) is 0 Å². The predicted molar refractivity (Wildman–Crippen MR) is 62.6 cm³/mol. The number of aryl methyl sites for hydroxylation is 1. The van der Waals surface area contributed by atoms with Crippen LogP contribution in [0.3, 0.4) is 0 Å². The quantitative estimate of drug-likeness (QED) is 0.692. The first-order chi connectivity index (χ1) is 7.15. The second-order valence-electron chi connectivity index (χ2n) is 4.04. The molecular weight excluding hydrogens is 188 g/mol. The summed E-state index contributed by atoms with van der Waals surface area (Å²) in [4.78, 5) is 0. The normalized spacial score (nSPS) is 10.7. The van der Waals surface area contributed by atoms with E-state index in [1.807, 2.05) is 6.07 Å². The Kier molecular flexibility index (Phi) is 4.63. The van der Waals surface area contributed by atoms with Gasteiger partial charge in [0.05, 0.1) is 6.61 Å². The average Bonchev–Trinajstić information content (AvgIpc) is 2.20. The van der Waals surface area contributed by atoms with E-state index in [2.05, 4.69) is 32.9 Å². The van der Waals surface area contributed by atoms with Crippen molar-refractivity contribution >= 4 is 0 Å². The van der Waals surface area contributed by atoms with E-state index in [0.29, 0.717) is 19.1 Å². The van der Waals surface area contributed by atoms with Crippen LogP contribution in [0.15, 0.2) is 18.2 Å². The Labute approximate surface area is 92.2 Å². The van der Waals surface area contributed by atoms with Crippen molar-refractivity contribution in [2.24, 2.45) is 0 Å². The molecular formula is C13H20O2. The molecule has 1 aromatic carbocycles. The lowest BCUT2D eigenvalue weighted by Crippen LogP contribution is -2.06. The molecule has 0 saturated carbocycles. The van der Waals surface area contributed by atoms with Gasteiger partial charge >= 0.3 is 0 Å². The molecule has 2 heteroatoms. The van der Waals surface area contributed by atoms with E-state index >= 15 is 0 Å². The highest BCUT2D eigenvalue weighted by molar-refractivity contribution is 5.38. The zero-order chi connectivity index (χ0) is 11.3. The first-order valence-corrected chi connectivity index (χ1v) is 5.37. The third-order valence-electron chi connectivity index (χ3n) is 2.33. The summed E-state index contributed by atoms with van der Waals surface area (Å²) in [5.74, 6) is 1.47. The molecule has 0 fully saturated rings. The van der Waals surface area contributed by atoms with Crippen LogP contribution in [0.2, 0.25) is 0 Å². The summed E-state index contributed by atoms with van der Waals surface area (Å²) in [5.41, 5.74) is 2.55. The van der Waals surface area contributed by atoms with Gasteiger partial charge in [0.15, 0.2) is 0 Å². The molecule has 15 heavy (non-hydrogen) atoms. The van der Waals surface area contributed by atoms with Gasteiger partial charge in [-0.05, 0) is 24.5 Å². The number of hydrogen-bond donors (Lipinski definition) is 0. The largest absolute Gasteiger partial charge is 0.491 e. The molecule has 84 valence electrons. The molecule has 0 spiro atoms. The summed E-state index contributed by atoms with van der Waals surface area (Å²) in [6.07, 6.45) is 0. The Balaban J connectivity index is 2.77. The lowest BCUT2D eigenvalue weighted by atomic mass is 10.00. The van der Waals surface area contributed by atoms with Crippen molar-refractivity contribution in [2.75, 3.05) is 20.3 Å². The summed E-state index contributed by atoms with van der Waals surface area (Å²) >= 11 is 0. The first-order valence-electron chi connectivity index (χ1n) is 5.37. The fraction of sp³-hybridized carbons (Fsp3) is 0.538. The lowest BCUT2D eigenvalue weighted by molar-refractivity contribution is 0.145. The van der Waals surface area contributed by atoms with Crippen LogP contribution < -0.4 is 4.74 Å². The molecule has 0 aliphatic rings. The Morgan fingerprint density at radius 3 is 2.53 bits per heavy atom. The molecule has 0 aliphatic heterocycles. The topological polar surface area (TPSA) is 18.5 Å². The fourth-order valence-electron chi connectivity index (χ4n) is 1.49. The van der Waals surface area contributed by atoms with Gasteiger partial charge in [-0.2, -0.15) is 0 Å². The van der Waals surface area contributed by atoms with Gasteiger partial charge in [0.1, 0.15) is 12.4 Å². The van der Waals surface area contributed by atoms with Crippen molar-refractivity contribution in [1.82, 2.24) is 0 Å². The van der Waals surface area contributed by atoms with Crippen molar-refractivity contribution in [2.45, 2.75) is 26.7 Å². The summed E-state index contributed by atoms with van der Waals surface area (Å²) in [6.45, 7) is 7.70. The number of methoxy groups -OCH3 is 1. The van der Waals surface area contributed by atoms with Gasteiger partial charge in [-0.3, -0.25) is 0 Å². The Morgan fingerprint density at radius 1 is 1.20 bits per heavy atom. The highest BCUT2D eigenvalue weighted by Crippen LogP contribution is 2.27. The number of rotatable bonds is 5. The Hall–Kier alpha value is -1.02. The SMILES string of the molecule is COCCOc1ccc(C)cc1C(C)C. The van der Waals surface area contributed by atoms with Gasteiger partial charge in [0.25, 0.3) is 0 Å². The van der Waals surface area contributed by atoms with E-state index in [-0.39, 0.29) is 0 Å². The maximum Gasteiger partial charge on any atom is 0.122 e. The summed E-state index contributed by atoms with van der Waals surface area (Å²) < 4.78 is 10.6. The first kappa shape index (κ1) is 12.1.